The number of ether oxygens (including phenoxy) is 1. The van der Waals surface area contributed by atoms with E-state index in [1.165, 1.54) is 6.92 Å². The van der Waals surface area contributed by atoms with Crippen LogP contribution in [-0.4, -0.2) is 18.7 Å². The fraction of sp³-hybridized carbons (Fsp3) is 0.800. The molecular weight excluding hydrogens is 131 g/mol. The summed E-state index contributed by atoms with van der Waals surface area (Å²) in [5, 5.41) is 9.85. The number of carboxylic acid groups (broad SMARTS) is 1. The van der Waals surface area contributed by atoms with E-state index in [2.05, 4.69) is 4.74 Å². The van der Waals surface area contributed by atoms with Crippen LogP contribution in [0, 0.1) is 0 Å². The molecule has 1 atom stereocenters. The number of hydrogen-bond acceptors (Lipinski definition) is 3. The summed E-state index contributed by atoms with van der Waals surface area (Å²) >= 11 is 0. The Bertz CT molecular complexity index is 84.3. The molecule has 0 heterocycles. The molecule has 0 aliphatic rings. The Balaban J connectivity index is 0. The van der Waals surface area contributed by atoms with E-state index < -0.39 is 12.1 Å². The minimum absolute atomic E-state index is 0. The van der Waals surface area contributed by atoms with Crippen LogP contribution in [0.3, 0.4) is 0 Å². The topological polar surface area (TPSA) is 49.4 Å². The van der Waals surface area contributed by atoms with Crippen molar-refractivity contribution in [2.24, 2.45) is 0 Å². The molecule has 0 amide bonds. The van der Waals surface area contributed by atoms with Crippen LogP contribution in [0.15, 0.2) is 0 Å². The fourth-order valence-corrected chi connectivity index (χ4v) is 0.318. The Labute approximate surface area is 76.7 Å². The van der Waals surface area contributed by atoms with Crippen LogP contribution in [0.2, 0.25) is 0 Å². The van der Waals surface area contributed by atoms with Crippen LogP contribution in [0.4, 0.5) is 0 Å². The molecule has 0 aromatic carbocycles. The van der Waals surface area contributed by atoms with Crippen molar-refractivity contribution in [3.8, 4) is 0 Å². The zero-order valence-corrected chi connectivity index (χ0v) is 8.01. The minimum atomic E-state index is -1.16. The van der Waals surface area contributed by atoms with Crippen LogP contribution < -0.4 is 34.7 Å². The molecule has 0 unspecified atom stereocenters. The van der Waals surface area contributed by atoms with Gasteiger partial charge < -0.3 is 14.6 Å². The molecule has 0 bridgehead atoms. The largest absolute Gasteiger partial charge is 1.00 e. The SMILES string of the molecule is CCO[C@H](C)C(=O)[O-].[Na+]. The monoisotopic (exact) mass is 140 g/mol. The number of carboxylic acids is 1. The molecule has 0 aliphatic carbocycles. The van der Waals surface area contributed by atoms with Gasteiger partial charge in [0, 0.05) is 6.61 Å². The van der Waals surface area contributed by atoms with E-state index >= 15 is 0 Å². The second-order valence-corrected chi connectivity index (χ2v) is 1.42. The zero-order valence-electron chi connectivity index (χ0n) is 6.01. The summed E-state index contributed by atoms with van der Waals surface area (Å²) in [6, 6.07) is 0. The summed E-state index contributed by atoms with van der Waals surface area (Å²) in [6.07, 6.45) is -0.778. The van der Waals surface area contributed by atoms with Crippen molar-refractivity contribution in [2.75, 3.05) is 6.61 Å². The van der Waals surface area contributed by atoms with Crippen LogP contribution in [0.5, 0.6) is 0 Å². The maximum atomic E-state index is 9.85. The number of rotatable bonds is 3. The van der Waals surface area contributed by atoms with Gasteiger partial charge in [-0.05, 0) is 13.8 Å². The van der Waals surface area contributed by atoms with E-state index in [0.717, 1.165) is 0 Å². The predicted molar refractivity (Wildman–Crippen MR) is 26.1 cm³/mol. The van der Waals surface area contributed by atoms with Gasteiger partial charge in [0.1, 0.15) is 0 Å². The normalized spacial score (nSPS) is 11.8. The van der Waals surface area contributed by atoms with Crippen molar-refractivity contribution >= 4 is 5.97 Å². The second-order valence-electron chi connectivity index (χ2n) is 1.42. The number of aliphatic carboxylic acids is 1. The predicted octanol–water partition coefficient (Wildman–Crippen LogP) is -3.83. The molecule has 4 heteroatoms. The van der Waals surface area contributed by atoms with Crippen LogP contribution >= 0.6 is 0 Å². The average Bonchev–Trinajstić information content (AvgIpc) is 1.67. The van der Waals surface area contributed by atoms with Crippen LogP contribution in [0.1, 0.15) is 13.8 Å². The van der Waals surface area contributed by atoms with Crippen molar-refractivity contribution in [2.45, 2.75) is 20.0 Å². The molecule has 48 valence electrons. The van der Waals surface area contributed by atoms with E-state index in [-0.39, 0.29) is 29.6 Å². The maximum Gasteiger partial charge on any atom is 1.00 e. The first kappa shape index (κ1) is 12.1. The summed E-state index contributed by atoms with van der Waals surface area (Å²) in [7, 11) is 0. The summed E-state index contributed by atoms with van der Waals surface area (Å²) in [4.78, 5) is 9.85. The zero-order chi connectivity index (χ0) is 6.57. The fourth-order valence-electron chi connectivity index (χ4n) is 0.318. The van der Waals surface area contributed by atoms with E-state index in [1.54, 1.807) is 6.92 Å². The first-order valence-corrected chi connectivity index (χ1v) is 2.51. The van der Waals surface area contributed by atoms with Gasteiger partial charge in [-0.2, -0.15) is 0 Å². The van der Waals surface area contributed by atoms with Gasteiger partial charge in [-0.25, -0.2) is 0 Å². The van der Waals surface area contributed by atoms with Crippen molar-refractivity contribution in [1.29, 1.82) is 0 Å². The third-order valence-electron chi connectivity index (χ3n) is 0.749. The molecule has 0 saturated heterocycles. The molecule has 0 radical (unpaired) electrons. The summed E-state index contributed by atoms with van der Waals surface area (Å²) in [5.74, 6) is -1.16. The first-order valence-electron chi connectivity index (χ1n) is 2.51. The molecule has 0 N–H and O–H groups in total. The maximum absolute atomic E-state index is 9.85. The third kappa shape index (κ3) is 6.31. The molecule has 0 aromatic rings. The van der Waals surface area contributed by atoms with E-state index in [4.69, 9.17) is 0 Å². The molecule has 0 spiro atoms. The van der Waals surface area contributed by atoms with Gasteiger partial charge in [0.05, 0.1) is 12.1 Å². The van der Waals surface area contributed by atoms with Gasteiger partial charge in [-0.1, -0.05) is 0 Å². The van der Waals surface area contributed by atoms with Crippen molar-refractivity contribution < 1.29 is 44.2 Å². The van der Waals surface area contributed by atoms with E-state index in [1.807, 2.05) is 0 Å². The van der Waals surface area contributed by atoms with Gasteiger partial charge in [-0.15, -0.1) is 0 Å². The smallest absolute Gasteiger partial charge is 0.547 e. The van der Waals surface area contributed by atoms with E-state index in [0.29, 0.717) is 6.61 Å². The van der Waals surface area contributed by atoms with Gasteiger partial charge in [0.2, 0.25) is 0 Å². The van der Waals surface area contributed by atoms with Crippen molar-refractivity contribution in [3.63, 3.8) is 0 Å². The average molecular weight is 140 g/mol. The van der Waals surface area contributed by atoms with Crippen LogP contribution in [-0.2, 0) is 9.53 Å². The molecule has 3 nitrogen and oxygen atoms in total. The number of carbonyl (C=O) groups is 1. The summed E-state index contributed by atoms with van der Waals surface area (Å²) in [6.45, 7) is 3.59. The standard InChI is InChI=1S/C5H10O3.Na/c1-3-8-4(2)5(6)7;/h4H,3H2,1-2H3,(H,6,7);/q;+1/p-1/t4-;/m1./s1. The molecule has 0 rings (SSSR count). The summed E-state index contributed by atoms with van der Waals surface area (Å²) in [5.41, 5.74) is 0. The van der Waals surface area contributed by atoms with E-state index in [9.17, 15) is 9.90 Å². The van der Waals surface area contributed by atoms with Crippen molar-refractivity contribution in [1.82, 2.24) is 0 Å². The molecule has 9 heavy (non-hydrogen) atoms. The minimum Gasteiger partial charge on any atom is -0.547 e. The van der Waals surface area contributed by atoms with Gasteiger partial charge in [0.25, 0.3) is 0 Å². The Hall–Kier alpha value is 0.430. The van der Waals surface area contributed by atoms with Crippen LogP contribution in [0.25, 0.3) is 0 Å². The quantitative estimate of drug-likeness (QED) is 0.377. The number of hydrogen-bond donors (Lipinski definition) is 0. The molecule has 0 aromatic heterocycles. The Morgan fingerprint density at radius 1 is 1.78 bits per heavy atom. The van der Waals surface area contributed by atoms with Crippen molar-refractivity contribution in [3.05, 3.63) is 0 Å². The Morgan fingerprint density at radius 3 is 2.33 bits per heavy atom. The Kier molecular flexibility index (Phi) is 8.83. The van der Waals surface area contributed by atoms with Gasteiger partial charge in [-0.3, -0.25) is 0 Å². The second kappa shape index (κ2) is 6.55. The molecular formula is C5H9NaO3. The van der Waals surface area contributed by atoms with Gasteiger partial charge >= 0.3 is 29.6 Å². The first-order chi connectivity index (χ1) is 3.68. The molecule has 0 fully saturated rings. The Morgan fingerprint density at radius 2 is 2.22 bits per heavy atom. The molecule has 0 saturated carbocycles. The van der Waals surface area contributed by atoms with Gasteiger partial charge in [0.15, 0.2) is 0 Å². The number of carbonyl (C=O) groups excluding carboxylic acids is 1. The summed E-state index contributed by atoms with van der Waals surface area (Å²) < 4.78 is 4.64. The molecule has 0 aliphatic heterocycles. The third-order valence-corrected chi connectivity index (χ3v) is 0.749.